The van der Waals surface area contributed by atoms with Crippen LogP contribution in [-0.2, 0) is 6.54 Å². The Balaban J connectivity index is 2.02. The average Bonchev–Trinajstić information content (AvgIpc) is 2.97. The predicted molar refractivity (Wildman–Crippen MR) is 90.3 cm³/mol. The second kappa shape index (κ2) is 7.28. The molecule has 6 heteroatoms. The van der Waals surface area contributed by atoms with Crippen LogP contribution in [0.3, 0.4) is 0 Å². The predicted octanol–water partition coefficient (Wildman–Crippen LogP) is 2.56. The van der Waals surface area contributed by atoms with E-state index in [1.807, 2.05) is 48.1 Å². The fraction of sp³-hybridized carbons (Fsp3) is 0.412. The molecule has 0 spiro atoms. The van der Waals surface area contributed by atoms with E-state index >= 15 is 0 Å². The van der Waals surface area contributed by atoms with Gasteiger partial charge in [-0.3, -0.25) is 4.68 Å². The summed E-state index contributed by atoms with van der Waals surface area (Å²) in [6.45, 7) is 6.73. The third-order valence-corrected chi connectivity index (χ3v) is 3.33. The molecule has 1 heterocycles. The fourth-order valence-corrected chi connectivity index (χ4v) is 2.33. The van der Waals surface area contributed by atoms with Gasteiger partial charge in [-0.15, -0.1) is 0 Å². The molecule has 0 aliphatic heterocycles. The van der Waals surface area contributed by atoms with Crippen molar-refractivity contribution < 1.29 is 9.90 Å². The number of hydrogen-bond acceptors (Lipinski definition) is 3. The van der Waals surface area contributed by atoms with Crippen LogP contribution in [0.1, 0.15) is 26.3 Å². The van der Waals surface area contributed by atoms with Crippen molar-refractivity contribution in [1.82, 2.24) is 14.7 Å². The van der Waals surface area contributed by atoms with Crippen LogP contribution in [0, 0.1) is 0 Å². The highest BCUT2D eigenvalue weighted by Crippen LogP contribution is 2.13. The van der Waals surface area contributed by atoms with E-state index in [0.717, 1.165) is 11.3 Å². The number of benzene rings is 1. The molecule has 0 saturated heterocycles. The van der Waals surface area contributed by atoms with E-state index in [-0.39, 0.29) is 12.6 Å². The number of aliphatic hydroxyl groups is 1. The molecule has 0 aliphatic carbocycles. The van der Waals surface area contributed by atoms with Crippen molar-refractivity contribution in [2.75, 3.05) is 18.4 Å². The number of anilines is 1. The number of carbonyl (C=O) groups is 1. The molecule has 0 radical (unpaired) electrons. The highest BCUT2D eigenvalue weighted by Gasteiger charge is 2.21. The molecule has 2 N–H and O–H groups in total. The second-order valence-corrected chi connectivity index (χ2v) is 6.16. The summed E-state index contributed by atoms with van der Waals surface area (Å²) in [6.07, 6.45) is 3.63. The van der Waals surface area contributed by atoms with E-state index in [9.17, 15) is 9.90 Å². The van der Waals surface area contributed by atoms with E-state index in [4.69, 9.17) is 0 Å². The summed E-state index contributed by atoms with van der Waals surface area (Å²) in [5.74, 6) is 0. The number of urea groups is 1. The molecule has 6 nitrogen and oxygen atoms in total. The van der Waals surface area contributed by atoms with Crippen LogP contribution in [0.2, 0.25) is 0 Å². The molecule has 0 aliphatic rings. The zero-order valence-corrected chi connectivity index (χ0v) is 13.9. The highest BCUT2D eigenvalue weighted by atomic mass is 16.3. The smallest absolute Gasteiger partial charge is 0.321 e. The molecule has 0 saturated carbocycles. The molecule has 2 amide bonds. The highest BCUT2D eigenvalue weighted by molar-refractivity contribution is 5.89. The Morgan fingerprint density at radius 3 is 2.78 bits per heavy atom. The van der Waals surface area contributed by atoms with Crippen molar-refractivity contribution in [3.05, 3.63) is 48.3 Å². The van der Waals surface area contributed by atoms with Gasteiger partial charge in [0.05, 0.1) is 18.7 Å². The normalized spacial score (nSPS) is 11.3. The van der Waals surface area contributed by atoms with Crippen LogP contribution < -0.4 is 5.32 Å². The molecular weight excluding hydrogens is 292 g/mol. The molecule has 1 aromatic heterocycles. The maximum atomic E-state index is 12.3. The summed E-state index contributed by atoms with van der Waals surface area (Å²) in [6, 6.07) is 9.33. The maximum Gasteiger partial charge on any atom is 0.321 e. The summed E-state index contributed by atoms with van der Waals surface area (Å²) in [4.78, 5) is 13.9. The lowest BCUT2D eigenvalue weighted by molar-refractivity contribution is 0.0501. The lowest BCUT2D eigenvalue weighted by Gasteiger charge is -2.28. The molecule has 1 aromatic carbocycles. The number of likely N-dealkylation sites (N-methyl/N-ethyl adjacent to an activating group) is 1. The van der Waals surface area contributed by atoms with Crippen LogP contribution in [-0.4, -0.2) is 44.5 Å². The first kappa shape index (κ1) is 17.0. The Labute approximate surface area is 136 Å². The van der Waals surface area contributed by atoms with Gasteiger partial charge in [0.2, 0.25) is 0 Å². The van der Waals surface area contributed by atoms with Gasteiger partial charge >= 0.3 is 6.03 Å². The van der Waals surface area contributed by atoms with E-state index < -0.39 is 5.60 Å². The first-order chi connectivity index (χ1) is 10.9. The Bertz CT molecular complexity index is 632. The number of carbonyl (C=O) groups excluding carboxylic acids is 1. The van der Waals surface area contributed by atoms with Crippen molar-refractivity contribution in [2.45, 2.75) is 32.9 Å². The van der Waals surface area contributed by atoms with Crippen LogP contribution >= 0.6 is 0 Å². The monoisotopic (exact) mass is 316 g/mol. The Morgan fingerprint density at radius 1 is 1.39 bits per heavy atom. The summed E-state index contributed by atoms with van der Waals surface area (Å²) in [5, 5.41) is 16.9. The minimum Gasteiger partial charge on any atom is -0.389 e. The molecule has 23 heavy (non-hydrogen) atoms. The quantitative estimate of drug-likeness (QED) is 0.860. The third-order valence-electron chi connectivity index (χ3n) is 3.33. The van der Waals surface area contributed by atoms with Gasteiger partial charge in [0.15, 0.2) is 0 Å². The minimum absolute atomic E-state index is 0.217. The van der Waals surface area contributed by atoms with E-state index in [2.05, 4.69) is 10.4 Å². The van der Waals surface area contributed by atoms with Gasteiger partial charge in [-0.05, 0) is 44.5 Å². The van der Waals surface area contributed by atoms with Crippen LogP contribution in [0.25, 0.3) is 0 Å². The van der Waals surface area contributed by atoms with Gasteiger partial charge in [0, 0.05) is 24.6 Å². The molecule has 0 bridgehead atoms. The van der Waals surface area contributed by atoms with Gasteiger partial charge in [-0.1, -0.05) is 12.1 Å². The number of nitrogens with one attached hydrogen (secondary N) is 1. The minimum atomic E-state index is -0.921. The number of hydrogen-bond donors (Lipinski definition) is 2. The standard InChI is InChI=1S/C17H24N4O2/c1-4-20(13-17(2,3)23)16(22)19-15-8-5-7-14(11-15)12-21-10-6-9-18-21/h5-11,23H,4,12-13H2,1-3H3,(H,19,22). The summed E-state index contributed by atoms with van der Waals surface area (Å²) in [7, 11) is 0. The van der Waals surface area contributed by atoms with E-state index in [0.29, 0.717) is 13.1 Å². The third kappa shape index (κ3) is 5.41. The number of rotatable bonds is 6. The first-order valence-corrected chi connectivity index (χ1v) is 7.72. The number of amides is 2. The summed E-state index contributed by atoms with van der Waals surface area (Å²) >= 11 is 0. The SMILES string of the molecule is CCN(CC(C)(C)O)C(=O)Nc1cccc(Cn2cccn2)c1. The molecule has 0 atom stereocenters. The van der Waals surface area contributed by atoms with E-state index in [1.54, 1.807) is 24.9 Å². The second-order valence-electron chi connectivity index (χ2n) is 6.16. The Hall–Kier alpha value is -2.34. The van der Waals surface area contributed by atoms with Crippen molar-refractivity contribution in [3.8, 4) is 0 Å². The van der Waals surface area contributed by atoms with Crippen molar-refractivity contribution in [1.29, 1.82) is 0 Å². The maximum absolute atomic E-state index is 12.3. The lowest BCUT2D eigenvalue weighted by Crippen LogP contribution is -2.44. The summed E-state index contributed by atoms with van der Waals surface area (Å²) < 4.78 is 1.83. The zero-order valence-electron chi connectivity index (χ0n) is 13.9. The molecule has 2 aromatic rings. The number of aromatic nitrogens is 2. The van der Waals surface area contributed by atoms with Crippen LogP contribution in [0.5, 0.6) is 0 Å². The van der Waals surface area contributed by atoms with Crippen LogP contribution in [0.4, 0.5) is 10.5 Å². The molecule has 2 rings (SSSR count). The molecule has 0 fully saturated rings. The molecule has 0 unspecified atom stereocenters. The average molecular weight is 316 g/mol. The van der Waals surface area contributed by atoms with Crippen molar-refractivity contribution in [3.63, 3.8) is 0 Å². The topological polar surface area (TPSA) is 70.4 Å². The van der Waals surface area contributed by atoms with Gasteiger partial charge in [-0.2, -0.15) is 5.10 Å². The van der Waals surface area contributed by atoms with E-state index in [1.165, 1.54) is 0 Å². The number of nitrogens with zero attached hydrogens (tertiary/aromatic N) is 3. The summed E-state index contributed by atoms with van der Waals surface area (Å²) in [5.41, 5.74) is 0.862. The Kier molecular flexibility index (Phi) is 5.39. The van der Waals surface area contributed by atoms with Crippen molar-refractivity contribution >= 4 is 11.7 Å². The molecule has 124 valence electrons. The lowest BCUT2D eigenvalue weighted by atomic mass is 10.1. The first-order valence-electron chi connectivity index (χ1n) is 7.72. The van der Waals surface area contributed by atoms with Gasteiger partial charge in [0.25, 0.3) is 0 Å². The van der Waals surface area contributed by atoms with Crippen molar-refractivity contribution in [2.24, 2.45) is 0 Å². The Morgan fingerprint density at radius 2 is 2.17 bits per heavy atom. The fourth-order valence-electron chi connectivity index (χ4n) is 2.33. The van der Waals surface area contributed by atoms with Gasteiger partial charge < -0.3 is 15.3 Å². The van der Waals surface area contributed by atoms with Crippen LogP contribution in [0.15, 0.2) is 42.7 Å². The molecular formula is C17H24N4O2. The van der Waals surface area contributed by atoms with Gasteiger partial charge in [0.1, 0.15) is 0 Å². The largest absolute Gasteiger partial charge is 0.389 e. The zero-order chi connectivity index (χ0) is 16.9. The van der Waals surface area contributed by atoms with Gasteiger partial charge in [-0.25, -0.2) is 4.79 Å².